The summed E-state index contributed by atoms with van der Waals surface area (Å²) in [6.45, 7) is 2.11. The molecule has 0 saturated carbocycles. The van der Waals surface area contributed by atoms with E-state index in [2.05, 4.69) is 17.1 Å². The molecule has 6 heteroatoms. The van der Waals surface area contributed by atoms with Crippen LogP contribution in [0.25, 0.3) is 22.2 Å². The Hall–Kier alpha value is -2.47. The molecule has 5 nitrogen and oxygen atoms in total. The number of fused-ring (bicyclic) bond motifs is 4. The normalized spacial score (nSPS) is 12.7. The Morgan fingerprint density at radius 3 is 2.92 bits per heavy atom. The van der Waals surface area contributed by atoms with Gasteiger partial charge in [-0.15, -0.1) is 11.8 Å². The van der Waals surface area contributed by atoms with Crippen LogP contribution in [0.3, 0.4) is 0 Å². The lowest BCUT2D eigenvalue weighted by Crippen LogP contribution is -2.10. The number of nitrogens with two attached hydrogens (primary N) is 1. The van der Waals surface area contributed by atoms with Gasteiger partial charge in [0, 0.05) is 16.8 Å². The summed E-state index contributed by atoms with van der Waals surface area (Å²) in [5.74, 6) is -0.399. The zero-order valence-corrected chi connectivity index (χ0v) is 15.0. The highest BCUT2D eigenvalue weighted by molar-refractivity contribution is 7.98. The van der Waals surface area contributed by atoms with Crippen LogP contribution in [0.5, 0.6) is 0 Å². The summed E-state index contributed by atoms with van der Waals surface area (Å²) in [7, 11) is 0. The number of carbonyl (C=O) groups is 1. The number of aromatic amines is 1. The van der Waals surface area contributed by atoms with E-state index in [1.54, 1.807) is 6.92 Å². The third-order valence-electron chi connectivity index (χ3n) is 4.64. The monoisotopic (exact) mass is 353 g/mol. The fourth-order valence-corrected chi connectivity index (χ4v) is 4.11. The van der Waals surface area contributed by atoms with Crippen LogP contribution in [0.2, 0.25) is 0 Å². The van der Waals surface area contributed by atoms with Crippen molar-refractivity contribution in [3.63, 3.8) is 0 Å². The van der Waals surface area contributed by atoms with E-state index in [0.29, 0.717) is 23.5 Å². The topological polar surface area (TPSA) is 81.0 Å². The van der Waals surface area contributed by atoms with Crippen LogP contribution in [-0.4, -0.2) is 28.8 Å². The maximum Gasteiger partial charge on any atom is 0.357 e. The Labute approximate surface area is 150 Å². The van der Waals surface area contributed by atoms with Crippen molar-refractivity contribution in [3.8, 4) is 11.3 Å². The van der Waals surface area contributed by atoms with Crippen molar-refractivity contribution in [2.24, 2.45) is 0 Å². The van der Waals surface area contributed by atoms with Crippen LogP contribution >= 0.6 is 11.8 Å². The molecule has 0 radical (unpaired) electrons. The third kappa shape index (κ3) is 2.40. The van der Waals surface area contributed by atoms with Crippen molar-refractivity contribution in [2.45, 2.75) is 24.8 Å². The number of aromatic nitrogens is 2. The number of nitrogens with zero attached hydrogens (tertiary/aromatic N) is 1. The Kier molecular flexibility index (Phi) is 3.92. The number of hydrogen-bond donors (Lipinski definition) is 2. The quantitative estimate of drug-likeness (QED) is 0.553. The molecule has 25 heavy (non-hydrogen) atoms. The predicted octanol–water partition coefficient (Wildman–Crippen LogP) is 3.81. The summed E-state index contributed by atoms with van der Waals surface area (Å²) in [6.07, 6.45) is 3.76. The van der Waals surface area contributed by atoms with E-state index in [9.17, 15) is 4.79 Å². The average Bonchev–Trinajstić information content (AvgIpc) is 3.01. The Bertz CT molecular complexity index is 994. The molecule has 1 aliphatic rings. The van der Waals surface area contributed by atoms with Gasteiger partial charge in [-0.2, -0.15) is 0 Å². The van der Waals surface area contributed by atoms with Gasteiger partial charge in [-0.3, -0.25) is 0 Å². The third-order valence-corrected chi connectivity index (χ3v) is 5.36. The maximum absolute atomic E-state index is 12.4. The molecule has 3 aromatic rings. The van der Waals surface area contributed by atoms with E-state index in [-0.39, 0.29) is 0 Å². The molecule has 0 unspecified atom stereocenters. The first kappa shape index (κ1) is 16.0. The summed E-state index contributed by atoms with van der Waals surface area (Å²) in [6, 6.07) is 8.24. The highest BCUT2D eigenvalue weighted by Crippen LogP contribution is 2.41. The first-order valence-electron chi connectivity index (χ1n) is 8.29. The zero-order valence-electron chi connectivity index (χ0n) is 14.2. The number of ether oxygens (including phenoxy) is 1. The first-order chi connectivity index (χ1) is 12.2. The summed E-state index contributed by atoms with van der Waals surface area (Å²) in [4.78, 5) is 20.4. The minimum absolute atomic E-state index is 0.317. The lowest BCUT2D eigenvalue weighted by molar-refractivity contribution is 0.0522. The molecule has 0 bridgehead atoms. The molecular formula is C19H19N3O2S. The molecule has 1 aliphatic carbocycles. The molecule has 2 aromatic heterocycles. The van der Waals surface area contributed by atoms with Crippen LogP contribution in [-0.2, 0) is 17.6 Å². The second-order valence-electron chi connectivity index (χ2n) is 5.99. The second kappa shape index (κ2) is 6.11. The average molecular weight is 353 g/mol. The number of pyridine rings is 1. The Balaban J connectivity index is 2.04. The van der Waals surface area contributed by atoms with Crippen LogP contribution < -0.4 is 5.73 Å². The van der Waals surface area contributed by atoms with Crippen LogP contribution in [0.4, 0.5) is 5.69 Å². The number of anilines is 1. The van der Waals surface area contributed by atoms with Crippen molar-refractivity contribution in [1.29, 1.82) is 0 Å². The standard InChI is InChI=1S/C19H19N3O2S/c1-3-24-19(23)17-16-13(18(22-17)25-2)14(20)12-9-8-10-6-4-5-7-11(10)15(12)21-16/h4-7,22H,3,8-9,20H2,1-2H3. The van der Waals surface area contributed by atoms with Crippen molar-refractivity contribution in [3.05, 3.63) is 41.1 Å². The van der Waals surface area contributed by atoms with Gasteiger partial charge in [0.1, 0.15) is 5.52 Å². The summed E-state index contributed by atoms with van der Waals surface area (Å²) >= 11 is 1.52. The Morgan fingerprint density at radius 2 is 2.16 bits per heavy atom. The molecule has 0 amide bonds. The van der Waals surface area contributed by atoms with Crippen LogP contribution in [0.1, 0.15) is 28.5 Å². The summed E-state index contributed by atoms with van der Waals surface area (Å²) in [5.41, 5.74) is 12.5. The van der Waals surface area contributed by atoms with Gasteiger partial charge in [0.25, 0.3) is 0 Å². The molecule has 0 spiro atoms. The largest absolute Gasteiger partial charge is 0.461 e. The molecule has 3 N–H and O–H groups in total. The highest BCUT2D eigenvalue weighted by atomic mass is 32.2. The number of nitrogens with one attached hydrogen (secondary N) is 1. The second-order valence-corrected chi connectivity index (χ2v) is 6.80. The lowest BCUT2D eigenvalue weighted by atomic mass is 9.87. The van der Waals surface area contributed by atoms with E-state index in [0.717, 1.165) is 40.1 Å². The fraction of sp³-hybridized carbons (Fsp3) is 0.263. The molecule has 0 fully saturated rings. The van der Waals surface area contributed by atoms with E-state index in [1.165, 1.54) is 17.3 Å². The fourth-order valence-electron chi connectivity index (χ4n) is 3.50. The number of rotatable bonds is 3. The lowest BCUT2D eigenvalue weighted by Gasteiger charge is -2.21. The van der Waals surface area contributed by atoms with E-state index >= 15 is 0 Å². The van der Waals surface area contributed by atoms with Crippen molar-refractivity contribution in [2.75, 3.05) is 18.6 Å². The van der Waals surface area contributed by atoms with Crippen LogP contribution in [0, 0.1) is 0 Å². The van der Waals surface area contributed by atoms with Gasteiger partial charge in [0.05, 0.1) is 22.7 Å². The molecule has 1 aromatic carbocycles. The predicted molar refractivity (Wildman–Crippen MR) is 101 cm³/mol. The van der Waals surface area contributed by atoms with Gasteiger partial charge in [-0.1, -0.05) is 24.3 Å². The minimum atomic E-state index is -0.399. The molecule has 0 saturated heterocycles. The van der Waals surface area contributed by atoms with Gasteiger partial charge >= 0.3 is 5.97 Å². The molecule has 128 valence electrons. The summed E-state index contributed by atoms with van der Waals surface area (Å²) < 4.78 is 5.19. The van der Waals surface area contributed by atoms with Gasteiger partial charge in [0.2, 0.25) is 0 Å². The zero-order chi connectivity index (χ0) is 17.6. The van der Waals surface area contributed by atoms with E-state index < -0.39 is 5.97 Å². The van der Waals surface area contributed by atoms with Gasteiger partial charge in [-0.05, 0) is 31.6 Å². The minimum Gasteiger partial charge on any atom is -0.461 e. The Morgan fingerprint density at radius 1 is 1.36 bits per heavy atom. The number of H-pyrrole nitrogens is 1. The number of aryl methyl sites for hydroxylation is 1. The van der Waals surface area contributed by atoms with Gasteiger partial charge in [-0.25, -0.2) is 9.78 Å². The maximum atomic E-state index is 12.4. The number of nitrogen functional groups attached to an aromatic ring is 1. The summed E-state index contributed by atoms with van der Waals surface area (Å²) in [5, 5.41) is 1.68. The van der Waals surface area contributed by atoms with E-state index in [1.807, 2.05) is 18.4 Å². The molecule has 2 heterocycles. The van der Waals surface area contributed by atoms with Crippen molar-refractivity contribution < 1.29 is 9.53 Å². The molecule has 4 rings (SSSR count). The first-order valence-corrected chi connectivity index (χ1v) is 9.51. The number of thioether (sulfide) groups is 1. The molecule has 0 aliphatic heterocycles. The highest BCUT2D eigenvalue weighted by Gasteiger charge is 2.27. The number of benzene rings is 1. The van der Waals surface area contributed by atoms with Gasteiger partial charge in [0.15, 0.2) is 5.69 Å². The van der Waals surface area contributed by atoms with Gasteiger partial charge < -0.3 is 15.5 Å². The van der Waals surface area contributed by atoms with Crippen molar-refractivity contribution >= 4 is 34.3 Å². The van der Waals surface area contributed by atoms with E-state index in [4.69, 9.17) is 15.5 Å². The number of esters is 1. The smallest absolute Gasteiger partial charge is 0.357 e. The molecular weight excluding hydrogens is 334 g/mol. The number of carbonyl (C=O) groups excluding carboxylic acids is 1. The molecule has 0 atom stereocenters. The SMILES string of the molecule is CCOC(=O)c1[nH]c(SC)c2c(N)c3c(nc12)-c1ccccc1CC3. The number of hydrogen-bond acceptors (Lipinski definition) is 5. The van der Waals surface area contributed by atoms with Crippen LogP contribution in [0.15, 0.2) is 29.3 Å². The van der Waals surface area contributed by atoms with Crippen molar-refractivity contribution in [1.82, 2.24) is 9.97 Å².